The fourth-order valence-electron chi connectivity index (χ4n) is 3.54. The Morgan fingerprint density at radius 2 is 1.74 bits per heavy atom. The Balaban J connectivity index is 0.00000272. The topological polar surface area (TPSA) is 63.7 Å². The van der Waals surface area contributed by atoms with E-state index >= 15 is 0 Å². The highest BCUT2D eigenvalue weighted by Crippen LogP contribution is 2.32. The molecule has 1 unspecified atom stereocenters. The van der Waals surface area contributed by atoms with Crippen molar-refractivity contribution in [2.24, 2.45) is 7.05 Å². The maximum absolute atomic E-state index is 9.67. The van der Waals surface area contributed by atoms with E-state index in [2.05, 4.69) is 29.1 Å². The standard InChI is InChI=1S/C25H22N4O.ClH/c1-18-8-6-7-11-22(18)23-14-20(12-13-21(23)15-26)24(25-27-17-28-29(25)2)30-16-19-9-4-3-5-10-19;/h3-14,17,24H,16H2,1-2H3;1H. The van der Waals surface area contributed by atoms with E-state index in [4.69, 9.17) is 4.74 Å². The molecule has 6 heteroatoms. The molecule has 5 nitrogen and oxygen atoms in total. The van der Waals surface area contributed by atoms with Crippen LogP contribution in [-0.2, 0) is 18.4 Å². The minimum atomic E-state index is -0.409. The highest BCUT2D eigenvalue weighted by atomic mass is 35.5. The molecule has 0 radical (unpaired) electrons. The summed E-state index contributed by atoms with van der Waals surface area (Å²) in [5, 5.41) is 13.9. The van der Waals surface area contributed by atoms with Crippen LogP contribution in [0.1, 0.15) is 34.2 Å². The minimum absolute atomic E-state index is 0. The van der Waals surface area contributed by atoms with Crippen LogP contribution in [0.3, 0.4) is 0 Å². The van der Waals surface area contributed by atoms with E-state index in [-0.39, 0.29) is 12.4 Å². The molecule has 0 fully saturated rings. The Morgan fingerprint density at radius 3 is 2.42 bits per heavy atom. The van der Waals surface area contributed by atoms with Crippen molar-refractivity contribution < 1.29 is 4.74 Å². The quantitative estimate of drug-likeness (QED) is 0.411. The maximum Gasteiger partial charge on any atom is 0.160 e. The summed E-state index contributed by atoms with van der Waals surface area (Å²) in [4.78, 5) is 4.43. The summed E-state index contributed by atoms with van der Waals surface area (Å²) in [7, 11) is 1.85. The van der Waals surface area contributed by atoms with Crippen molar-refractivity contribution in [2.45, 2.75) is 19.6 Å². The normalized spacial score (nSPS) is 11.4. The average molecular weight is 431 g/mol. The van der Waals surface area contributed by atoms with Gasteiger partial charge >= 0.3 is 0 Å². The fraction of sp³-hybridized carbons (Fsp3) is 0.160. The molecule has 0 aliphatic rings. The monoisotopic (exact) mass is 430 g/mol. The van der Waals surface area contributed by atoms with Crippen LogP contribution in [0.15, 0.2) is 79.1 Å². The van der Waals surface area contributed by atoms with E-state index in [1.807, 2.05) is 73.8 Å². The number of rotatable bonds is 6. The van der Waals surface area contributed by atoms with Crippen molar-refractivity contribution in [3.63, 3.8) is 0 Å². The van der Waals surface area contributed by atoms with E-state index in [0.717, 1.165) is 27.8 Å². The number of hydrogen-bond acceptors (Lipinski definition) is 4. The molecule has 0 N–H and O–H groups in total. The second kappa shape index (κ2) is 10.0. The van der Waals surface area contributed by atoms with Crippen LogP contribution in [0.5, 0.6) is 0 Å². The number of nitrogens with zero attached hydrogens (tertiary/aromatic N) is 4. The van der Waals surface area contributed by atoms with E-state index in [1.54, 1.807) is 4.68 Å². The molecule has 31 heavy (non-hydrogen) atoms. The minimum Gasteiger partial charge on any atom is -0.361 e. The van der Waals surface area contributed by atoms with Crippen LogP contribution < -0.4 is 0 Å². The molecule has 0 aliphatic heterocycles. The first-order chi connectivity index (χ1) is 14.7. The smallest absolute Gasteiger partial charge is 0.160 e. The molecule has 4 rings (SSSR count). The summed E-state index contributed by atoms with van der Waals surface area (Å²) in [5.74, 6) is 0.714. The van der Waals surface area contributed by atoms with Crippen LogP contribution in [0, 0.1) is 18.3 Å². The van der Waals surface area contributed by atoms with Gasteiger partial charge in [0, 0.05) is 12.6 Å². The third-order valence-electron chi connectivity index (χ3n) is 5.14. The summed E-state index contributed by atoms with van der Waals surface area (Å²) < 4.78 is 8.05. The van der Waals surface area contributed by atoms with Crippen molar-refractivity contribution >= 4 is 12.4 Å². The predicted octanol–water partition coefficient (Wildman–Crippen LogP) is 5.39. The molecule has 0 spiro atoms. The first-order valence-electron chi connectivity index (χ1n) is 9.77. The second-order valence-corrected chi connectivity index (χ2v) is 7.15. The van der Waals surface area contributed by atoms with Gasteiger partial charge in [0.2, 0.25) is 0 Å². The molecule has 4 aromatic rings. The predicted molar refractivity (Wildman–Crippen MR) is 123 cm³/mol. The number of halogens is 1. The number of hydrogen-bond donors (Lipinski definition) is 0. The number of nitriles is 1. The molecule has 156 valence electrons. The zero-order chi connectivity index (χ0) is 20.9. The lowest BCUT2D eigenvalue weighted by Crippen LogP contribution is -2.13. The van der Waals surface area contributed by atoms with Crippen molar-refractivity contribution in [1.82, 2.24) is 14.8 Å². The van der Waals surface area contributed by atoms with Crippen molar-refractivity contribution in [3.8, 4) is 17.2 Å². The Hall–Kier alpha value is -3.46. The van der Waals surface area contributed by atoms with Crippen LogP contribution in [-0.4, -0.2) is 14.8 Å². The van der Waals surface area contributed by atoms with Crippen LogP contribution in [0.2, 0.25) is 0 Å². The third kappa shape index (κ3) is 4.83. The van der Waals surface area contributed by atoms with Crippen LogP contribution in [0.4, 0.5) is 0 Å². The molecular weight excluding hydrogens is 408 g/mol. The van der Waals surface area contributed by atoms with E-state index in [1.165, 1.54) is 6.33 Å². The Morgan fingerprint density at radius 1 is 1.00 bits per heavy atom. The lowest BCUT2D eigenvalue weighted by Gasteiger charge is -2.19. The number of aromatic nitrogens is 3. The van der Waals surface area contributed by atoms with Crippen LogP contribution >= 0.6 is 12.4 Å². The number of ether oxygens (including phenoxy) is 1. The summed E-state index contributed by atoms with van der Waals surface area (Å²) in [5.41, 5.74) is 5.69. The summed E-state index contributed by atoms with van der Waals surface area (Å²) in [6.07, 6.45) is 1.12. The van der Waals surface area contributed by atoms with Crippen LogP contribution in [0.25, 0.3) is 11.1 Å². The van der Waals surface area contributed by atoms with Gasteiger partial charge in [-0.3, -0.25) is 4.68 Å². The summed E-state index contributed by atoms with van der Waals surface area (Å²) in [6.45, 7) is 2.49. The first kappa shape index (κ1) is 22.2. The summed E-state index contributed by atoms with van der Waals surface area (Å²) in [6, 6.07) is 26.3. The van der Waals surface area contributed by atoms with Gasteiger partial charge in [0.15, 0.2) is 5.82 Å². The Kier molecular flexibility index (Phi) is 7.19. The number of aryl methyl sites for hydroxylation is 2. The maximum atomic E-state index is 9.67. The van der Waals surface area contributed by atoms with E-state index in [0.29, 0.717) is 18.0 Å². The lowest BCUT2D eigenvalue weighted by atomic mass is 9.93. The highest BCUT2D eigenvalue weighted by molar-refractivity contribution is 5.85. The van der Waals surface area contributed by atoms with Crippen molar-refractivity contribution in [3.05, 3.63) is 107 Å². The largest absolute Gasteiger partial charge is 0.361 e. The molecule has 0 aliphatic carbocycles. The van der Waals surface area contributed by atoms with Gasteiger partial charge in [-0.1, -0.05) is 60.7 Å². The zero-order valence-corrected chi connectivity index (χ0v) is 18.2. The second-order valence-electron chi connectivity index (χ2n) is 7.15. The molecule has 0 saturated carbocycles. The van der Waals surface area contributed by atoms with E-state index in [9.17, 15) is 5.26 Å². The zero-order valence-electron chi connectivity index (χ0n) is 17.4. The highest BCUT2D eigenvalue weighted by Gasteiger charge is 2.22. The van der Waals surface area contributed by atoms with Crippen molar-refractivity contribution in [2.75, 3.05) is 0 Å². The fourth-order valence-corrected chi connectivity index (χ4v) is 3.54. The molecule has 0 saturated heterocycles. The molecule has 1 atom stereocenters. The van der Waals surface area contributed by atoms with Gasteiger partial charge in [0.25, 0.3) is 0 Å². The SMILES string of the molecule is Cc1ccccc1-c1cc(C(OCc2ccccc2)c2ncnn2C)ccc1C#N.Cl. The summed E-state index contributed by atoms with van der Waals surface area (Å²) >= 11 is 0. The lowest BCUT2D eigenvalue weighted by molar-refractivity contribution is 0.0587. The van der Waals surface area contributed by atoms with Gasteiger partial charge in [-0.25, -0.2) is 4.98 Å². The molecule has 0 amide bonds. The molecular formula is C25H23ClN4O. The van der Waals surface area contributed by atoms with Gasteiger partial charge in [0.1, 0.15) is 12.4 Å². The molecule has 1 heterocycles. The average Bonchev–Trinajstić information content (AvgIpc) is 3.20. The number of benzene rings is 3. The first-order valence-corrected chi connectivity index (χ1v) is 9.77. The Bertz CT molecular complexity index is 1200. The molecule has 3 aromatic carbocycles. The van der Waals surface area contributed by atoms with Gasteiger partial charge in [-0.15, -0.1) is 12.4 Å². The Labute approximate surface area is 188 Å². The van der Waals surface area contributed by atoms with Gasteiger partial charge in [-0.2, -0.15) is 10.4 Å². The third-order valence-corrected chi connectivity index (χ3v) is 5.14. The van der Waals surface area contributed by atoms with E-state index < -0.39 is 6.10 Å². The van der Waals surface area contributed by atoms with Gasteiger partial charge < -0.3 is 4.74 Å². The molecule has 0 bridgehead atoms. The van der Waals surface area contributed by atoms with Crippen molar-refractivity contribution in [1.29, 1.82) is 5.26 Å². The van der Waals surface area contributed by atoms with Gasteiger partial charge in [-0.05, 0) is 41.3 Å². The van der Waals surface area contributed by atoms with Gasteiger partial charge in [0.05, 0.1) is 18.2 Å². The molecule has 1 aromatic heterocycles.